The first kappa shape index (κ1) is 15.2. The van der Waals surface area contributed by atoms with E-state index in [1.165, 1.54) is 64.2 Å². The standard InChI is InChI=1S/C16H30N2S/c1-15(10-6-4-7-11-15)18(14(17)19-3)16(2)12-8-5-9-13-16/h17H,4-13H2,1-3H3/p+1. The smallest absolute Gasteiger partial charge is 0.281 e. The van der Waals surface area contributed by atoms with Gasteiger partial charge in [0.25, 0.3) is 0 Å². The van der Waals surface area contributed by atoms with E-state index < -0.39 is 0 Å². The molecule has 0 bridgehead atoms. The van der Waals surface area contributed by atoms with Crippen LogP contribution in [0.25, 0.3) is 0 Å². The molecule has 0 aromatic carbocycles. The van der Waals surface area contributed by atoms with E-state index in [0.717, 1.165) is 5.17 Å². The maximum absolute atomic E-state index is 6.45. The predicted octanol–water partition coefficient (Wildman–Crippen LogP) is 4.12. The average Bonchev–Trinajstić information content (AvgIpc) is 2.39. The normalized spacial score (nSPS) is 25.8. The van der Waals surface area contributed by atoms with Gasteiger partial charge >= 0.3 is 5.17 Å². The van der Waals surface area contributed by atoms with Gasteiger partial charge in [0, 0.05) is 0 Å². The molecule has 0 heterocycles. The van der Waals surface area contributed by atoms with Crippen LogP contribution in [0, 0.1) is 0 Å². The van der Waals surface area contributed by atoms with Crippen molar-refractivity contribution in [3.63, 3.8) is 0 Å². The van der Waals surface area contributed by atoms with Crippen molar-refractivity contribution in [1.29, 1.82) is 0 Å². The maximum atomic E-state index is 6.45. The Morgan fingerprint density at radius 1 is 0.842 bits per heavy atom. The molecule has 2 saturated carbocycles. The zero-order chi connectivity index (χ0) is 13.9. The quantitative estimate of drug-likeness (QED) is 0.469. The number of thioether (sulfide) groups is 1. The van der Waals surface area contributed by atoms with Gasteiger partial charge in [-0.15, -0.1) is 0 Å². The molecule has 2 fully saturated rings. The van der Waals surface area contributed by atoms with Crippen molar-refractivity contribution >= 4 is 16.9 Å². The molecule has 0 aromatic rings. The molecule has 0 atom stereocenters. The van der Waals surface area contributed by atoms with E-state index in [-0.39, 0.29) is 11.1 Å². The van der Waals surface area contributed by atoms with Crippen LogP contribution in [0.1, 0.15) is 78.1 Å². The van der Waals surface area contributed by atoms with E-state index >= 15 is 0 Å². The van der Waals surface area contributed by atoms with Crippen molar-refractivity contribution in [2.24, 2.45) is 5.73 Å². The second-order valence-corrected chi connectivity index (χ2v) is 7.82. The molecular weight excluding hydrogens is 252 g/mol. The molecule has 2 rings (SSSR count). The summed E-state index contributed by atoms with van der Waals surface area (Å²) in [6, 6.07) is 0. The lowest BCUT2D eigenvalue weighted by Gasteiger charge is -2.45. The molecule has 2 nitrogen and oxygen atoms in total. The van der Waals surface area contributed by atoms with Crippen LogP contribution in [0.5, 0.6) is 0 Å². The molecule has 2 aliphatic carbocycles. The van der Waals surface area contributed by atoms with Crippen LogP contribution in [0.3, 0.4) is 0 Å². The molecule has 0 spiro atoms. The summed E-state index contributed by atoms with van der Waals surface area (Å²) >= 11 is 1.74. The fourth-order valence-electron chi connectivity index (χ4n) is 4.35. The summed E-state index contributed by atoms with van der Waals surface area (Å²) in [7, 11) is 0. The Bertz CT molecular complexity index is 311. The molecule has 0 aliphatic heterocycles. The minimum absolute atomic E-state index is 0.289. The molecule has 0 aromatic heterocycles. The fourth-order valence-corrected chi connectivity index (χ4v) is 4.97. The van der Waals surface area contributed by atoms with Crippen molar-refractivity contribution in [2.75, 3.05) is 6.26 Å². The number of amidine groups is 1. The summed E-state index contributed by atoms with van der Waals surface area (Å²) < 4.78 is 2.64. The van der Waals surface area contributed by atoms with Crippen molar-refractivity contribution in [1.82, 2.24) is 0 Å². The highest BCUT2D eigenvalue weighted by Crippen LogP contribution is 2.40. The zero-order valence-corrected chi connectivity index (χ0v) is 13.8. The van der Waals surface area contributed by atoms with Gasteiger partial charge in [-0.1, -0.05) is 12.8 Å². The van der Waals surface area contributed by atoms with Crippen molar-refractivity contribution in [3.8, 4) is 0 Å². The van der Waals surface area contributed by atoms with E-state index in [2.05, 4.69) is 24.7 Å². The molecule has 3 heteroatoms. The molecule has 0 unspecified atom stereocenters. The van der Waals surface area contributed by atoms with Crippen molar-refractivity contribution < 1.29 is 4.58 Å². The second-order valence-electron chi connectivity index (χ2n) is 6.99. The molecule has 2 N–H and O–H groups in total. The first-order valence-electron chi connectivity index (χ1n) is 7.99. The lowest BCUT2D eigenvalue weighted by Crippen LogP contribution is -2.57. The highest BCUT2D eigenvalue weighted by Gasteiger charge is 2.46. The Balaban J connectivity index is 2.36. The Kier molecular flexibility index (Phi) is 4.86. The maximum Gasteiger partial charge on any atom is 0.304 e. The molecule has 0 saturated heterocycles. The lowest BCUT2D eigenvalue weighted by molar-refractivity contribution is -0.676. The third-order valence-electron chi connectivity index (χ3n) is 5.37. The van der Waals surface area contributed by atoms with Gasteiger partial charge in [-0.25, -0.2) is 4.58 Å². The van der Waals surface area contributed by atoms with E-state index in [4.69, 9.17) is 5.73 Å². The van der Waals surface area contributed by atoms with Gasteiger partial charge in [0.2, 0.25) is 0 Å². The highest BCUT2D eigenvalue weighted by atomic mass is 32.2. The molecule has 0 radical (unpaired) electrons. The van der Waals surface area contributed by atoms with Crippen molar-refractivity contribution in [2.45, 2.75) is 89.1 Å². The third-order valence-corrected chi connectivity index (χ3v) is 5.97. The first-order chi connectivity index (χ1) is 9.02. The van der Waals surface area contributed by atoms with Crippen molar-refractivity contribution in [3.05, 3.63) is 0 Å². The summed E-state index contributed by atoms with van der Waals surface area (Å²) in [5.74, 6) is 0. The van der Waals surface area contributed by atoms with Crippen LogP contribution < -0.4 is 5.73 Å². The van der Waals surface area contributed by atoms with Gasteiger partial charge in [-0.3, -0.25) is 5.73 Å². The van der Waals surface area contributed by atoms with Gasteiger partial charge in [-0.2, -0.15) is 0 Å². The SMILES string of the molecule is CSC(N)=[N+](C1(C)CCCCC1)C1(C)CCCCC1. The minimum Gasteiger partial charge on any atom is -0.281 e. The van der Waals surface area contributed by atoms with Crippen LogP contribution in [0.4, 0.5) is 0 Å². The van der Waals surface area contributed by atoms with Gasteiger partial charge in [-0.05, 0) is 83.2 Å². The number of nitrogens with two attached hydrogens (primary N) is 1. The number of nitrogens with zero attached hydrogens (tertiary/aromatic N) is 1. The van der Waals surface area contributed by atoms with Crippen LogP contribution >= 0.6 is 11.8 Å². The molecule has 110 valence electrons. The van der Waals surface area contributed by atoms with E-state index in [9.17, 15) is 0 Å². The number of rotatable bonds is 2. The average molecular weight is 284 g/mol. The highest BCUT2D eigenvalue weighted by molar-refractivity contribution is 8.12. The Morgan fingerprint density at radius 3 is 1.53 bits per heavy atom. The Hall–Kier alpha value is -0.180. The molecule has 19 heavy (non-hydrogen) atoms. The van der Waals surface area contributed by atoms with Gasteiger partial charge in [0.15, 0.2) is 0 Å². The monoisotopic (exact) mass is 283 g/mol. The third kappa shape index (κ3) is 3.12. The Labute approximate surface area is 123 Å². The Morgan fingerprint density at radius 2 is 1.21 bits per heavy atom. The lowest BCUT2D eigenvalue weighted by atomic mass is 9.76. The summed E-state index contributed by atoms with van der Waals surface area (Å²) in [5.41, 5.74) is 7.03. The summed E-state index contributed by atoms with van der Waals surface area (Å²) in [6.45, 7) is 4.91. The van der Waals surface area contributed by atoms with Gasteiger partial charge in [0.1, 0.15) is 11.1 Å². The summed E-state index contributed by atoms with van der Waals surface area (Å²) in [4.78, 5) is 0. The fraction of sp³-hybridized carbons (Fsp3) is 0.938. The predicted molar refractivity (Wildman–Crippen MR) is 85.9 cm³/mol. The number of hydrogen-bond acceptors (Lipinski definition) is 1. The van der Waals surface area contributed by atoms with E-state index in [1.807, 2.05) is 0 Å². The first-order valence-corrected chi connectivity index (χ1v) is 9.21. The van der Waals surface area contributed by atoms with E-state index in [0.29, 0.717) is 0 Å². The number of hydrogen-bond donors (Lipinski definition) is 1. The van der Waals surface area contributed by atoms with Crippen LogP contribution in [-0.2, 0) is 0 Å². The van der Waals surface area contributed by atoms with E-state index in [1.54, 1.807) is 11.8 Å². The minimum atomic E-state index is 0.289. The molecular formula is C16H31N2S+. The van der Waals surface area contributed by atoms with Gasteiger partial charge < -0.3 is 0 Å². The van der Waals surface area contributed by atoms with Crippen LogP contribution in [-0.4, -0.2) is 27.1 Å². The summed E-state index contributed by atoms with van der Waals surface area (Å²) in [6.07, 6.45) is 15.6. The summed E-state index contributed by atoms with van der Waals surface area (Å²) in [5, 5.41) is 1.05. The topological polar surface area (TPSA) is 29.0 Å². The largest absolute Gasteiger partial charge is 0.304 e. The molecule has 2 aliphatic rings. The van der Waals surface area contributed by atoms with Gasteiger partial charge in [0.05, 0.1) is 0 Å². The molecule has 0 amide bonds. The van der Waals surface area contributed by atoms with Crippen LogP contribution in [0.15, 0.2) is 0 Å². The second kappa shape index (κ2) is 6.07. The van der Waals surface area contributed by atoms with Crippen LogP contribution in [0.2, 0.25) is 0 Å². The zero-order valence-electron chi connectivity index (χ0n) is 13.0.